The number of rotatable bonds is 4. The molecule has 0 atom stereocenters. The van der Waals surface area contributed by atoms with Crippen molar-refractivity contribution in [2.24, 2.45) is 0 Å². The van der Waals surface area contributed by atoms with Gasteiger partial charge in [0, 0.05) is 11.4 Å². The number of thiocarbonyl (C=S) groups is 1. The van der Waals surface area contributed by atoms with Crippen LogP contribution in [0.2, 0.25) is 0 Å². The predicted molar refractivity (Wildman–Crippen MR) is 110 cm³/mol. The highest BCUT2D eigenvalue weighted by molar-refractivity contribution is 7.80. The molecular formula is C21H28N2S. The van der Waals surface area contributed by atoms with Crippen molar-refractivity contribution in [2.75, 3.05) is 10.6 Å². The topological polar surface area (TPSA) is 24.1 Å². The molecule has 0 radical (unpaired) electrons. The molecule has 3 heteroatoms. The zero-order chi connectivity index (χ0) is 17.9. The maximum atomic E-state index is 5.59. The molecule has 0 aliphatic heterocycles. The number of para-hydroxylation sites is 1. The summed E-state index contributed by atoms with van der Waals surface area (Å²) in [5.74, 6) is 0.879. The summed E-state index contributed by atoms with van der Waals surface area (Å²) < 4.78 is 0. The van der Waals surface area contributed by atoms with Crippen molar-refractivity contribution >= 4 is 28.7 Å². The first kappa shape index (κ1) is 18.5. The Labute approximate surface area is 151 Å². The lowest BCUT2D eigenvalue weighted by molar-refractivity contribution is 0.839. The van der Waals surface area contributed by atoms with Crippen molar-refractivity contribution in [3.63, 3.8) is 0 Å². The summed E-state index contributed by atoms with van der Waals surface area (Å²) in [6, 6.07) is 12.7. The van der Waals surface area contributed by atoms with Gasteiger partial charge in [-0.2, -0.15) is 0 Å². The smallest absolute Gasteiger partial charge is 0.175 e. The second kappa shape index (κ2) is 7.80. The molecule has 2 aromatic carbocycles. The first-order valence-corrected chi connectivity index (χ1v) is 8.99. The van der Waals surface area contributed by atoms with Gasteiger partial charge in [-0.3, -0.25) is 0 Å². The number of aryl methyl sites for hydroxylation is 1. The molecule has 0 bridgehead atoms. The van der Waals surface area contributed by atoms with Crippen LogP contribution in [-0.4, -0.2) is 5.11 Å². The van der Waals surface area contributed by atoms with Crippen molar-refractivity contribution in [2.45, 2.75) is 53.4 Å². The van der Waals surface area contributed by atoms with Crippen LogP contribution in [0.25, 0.3) is 0 Å². The van der Waals surface area contributed by atoms with Crippen LogP contribution in [0.15, 0.2) is 36.4 Å². The molecule has 2 aromatic rings. The highest BCUT2D eigenvalue weighted by Gasteiger charge is 2.15. The number of hydrogen-bond acceptors (Lipinski definition) is 1. The fourth-order valence-corrected chi connectivity index (χ4v) is 3.06. The molecule has 0 amide bonds. The van der Waals surface area contributed by atoms with Gasteiger partial charge in [0.05, 0.1) is 0 Å². The summed E-state index contributed by atoms with van der Waals surface area (Å²) in [6.07, 6.45) is 0. The van der Waals surface area contributed by atoms with Gasteiger partial charge in [-0.25, -0.2) is 0 Å². The highest BCUT2D eigenvalue weighted by atomic mass is 32.1. The van der Waals surface area contributed by atoms with Crippen LogP contribution < -0.4 is 10.6 Å². The van der Waals surface area contributed by atoms with Gasteiger partial charge in [0.2, 0.25) is 0 Å². The Hall–Kier alpha value is -1.87. The Morgan fingerprint density at radius 1 is 0.833 bits per heavy atom. The summed E-state index contributed by atoms with van der Waals surface area (Å²) in [4.78, 5) is 0. The van der Waals surface area contributed by atoms with Crippen LogP contribution in [0.3, 0.4) is 0 Å². The Kier molecular flexibility index (Phi) is 6.00. The highest BCUT2D eigenvalue weighted by Crippen LogP contribution is 2.32. The van der Waals surface area contributed by atoms with E-state index in [1.165, 1.54) is 22.3 Å². The SMILES string of the molecule is Cc1cccc(NC(=S)Nc2c(C(C)C)cccc2C(C)C)c1C. The minimum Gasteiger partial charge on any atom is -0.332 e. The third kappa shape index (κ3) is 4.15. The van der Waals surface area contributed by atoms with E-state index in [4.69, 9.17) is 12.2 Å². The number of nitrogens with one attached hydrogen (secondary N) is 2. The van der Waals surface area contributed by atoms with Crippen LogP contribution in [0, 0.1) is 13.8 Å². The van der Waals surface area contributed by atoms with E-state index in [-0.39, 0.29) is 0 Å². The van der Waals surface area contributed by atoms with E-state index < -0.39 is 0 Å². The summed E-state index contributed by atoms with van der Waals surface area (Å²) in [6.45, 7) is 13.1. The first-order valence-electron chi connectivity index (χ1n) is 8.58. The van der Waals surface area contributed by atoms with Gasteiger partial charge in [0.15, 0.2) is 5.11 Å². The van der Waals surface area contributed by atoms with E-state index in [1.807, 2.05) is 0 Å². The normalized spacial score (nSPS) is 11.0. The number of benzene rings is 2. The van der Waals surface area contributed by atoms with Crippen LogP contribution in [0.1, 0.15) is 61.8 Å². The fraction of sp³-hybridized carbons (Fsp3) is 0.381. The predicted octanol–water partition coefficient (Wildman–Crippen LogP) is 6.36. The summed E-state index contributed by atoms with van der Waals surface area (Å²) in [5, 5.41) is 7.45. The number of hydrogen-bond donors (Lipinski definition) is 2. The second-order valence-corrected chi connectivity index (χ2v) is 7.36. The number of anilines is 2. The van der Waals surface area contributed by atoms with E-state index >= 15 is 0 Å². The average Bonchev–Trinajstić information content (AvgIpc) is 2.51. The van der Waals surface area contributed by atoms with E-state index in [0.717, 1.165) is 11.4 Å². The summed E-state index contributed by atoms with van der Waals surface area (Å²) >= 11 is 5.59. The van der Waals surface area contributed by atoms with Gasteiger partial charge in [-0.15, -0.1) is 0 Å². The second-order valence-electron chi connectivity index (χ2n) is 6.95. The molecule has 0 aliphatic carbocycles. The summed E-state index contributed by atoms with van der Waals surface area (Å²) in [5.41, 5.74) is 7.28. The first-order chi connectivity index (χ1) is 11.3. The minimum absolute atomic E-state index is 0.440. The Bertz CT molecular complexity index is 706. The molecule has 2 rings (SSSR count). The minimum atomic E-state index is 0.440. The molecule has 0 unspecified atom stereocenters. The maximum Gasteiger partial charge on any atom is 0.175 e. The molecule has 0 saturated carbocycles. The zero-order valence-electron chi connectivity index (χ0n) is 15.5. The van der Waals surface area contributed by atoms with Gasteiger partial charge in [0.25, 0.3) is 0 Å². The fourth-order valence-electron chi connectivity index (χ4n) is 2.85. The van der Waals surface area contributed by atoms with Crippen LogP contribution in [0.4, 0.5) is 11.4 Å². The van der Waals surface area contributed by atoms with Crippen molar-refractivity contribution in [1.29, 1.82) is 0 Å². The maximum absolute atomic E-state index is 5.59. The van der Waals surface area contributed by atoms with Crippen molar-refractivity contribution in [1.82, 2.24) is 0 Å². The van der Waals surface area contributed by atoms with Gasteiger partial charge < -0.3 is 10.6 Å². The lowest BCUT2D eigenvalue weighted by atomic mass is 9.93. The standard InChI is InChI=1S/C21H28N2S/c1-13(2)17-10-8-11-18(14(3)4)20(17)23-21(24)22-19-12-7-9-15(5)16(19)6/h7-14H,1-6H3,(H2,22,23,24). The van der Waals surface area contributed by atoms with Gasteiger partial charge in [-0.05, 0) is 66.2 Å². The molecule has 2 N–H and O–H groups in total. The lowest BCUT2D eigenvalue weighted by Gasteiger charge is -2.22. The van der Waals surface area contributed by atoms with E-state index in [1.54, 1.807) is 0 Å². The quantitative estimate of drug-likeness (QED) is 0.633. The van der Waals surface area contributed by atoms with Crippen molar-refractivity contribution in [3.05, 3.63) is 58.7 Å². The third-order valence-electron chi connectivity index (χ3n) is 4.46. The van der Waals surface area contributed by atoms with Gasteiger partial charge >= 0.3 is 0 Å². The molecule has 0 aromatic heterocycles. The van der Waals surface area contributed by atoms with E-state index in [2.05, 4.69) is 88.6 Å². The van der Waals surface area contributed by atoms with Gasteiger partial charge in [0.1, 0.15) is 0 Å². The molecule has 2 nitrogen and oxygen atoms in total. The van der Waals surface area contributed by atoms with Crippen LogP contribution in [-0.2, 0) is 0 Å². The van der Waals surface area contributed by atoms with Gasteiger partial charge in [-0.1, -0.05) is 58.0 Å². The Balaban J connectivity index is 2.30. The molecule has 128 valence electrons. The average molecular weight is 341 g/mol. The molecular weight excluding hydrogens is 312 g/mol. The van der Waals surface area contributed by atoms with E-state index in [0.29, 0.717) is 16.9 Å². The lowest BCUT2D eigenvalue weighted by Crippen LogP contribution is -2.22. The van der Waals surface area contributed by atoms with Crippen LogP contribution in [0.5, 0.6) is 0 Å². The van der Waals surface area contributed by atoms with E-state index in [9.17, 15) is 0 Å². The zero-order valence-corrected chi connectivity index (χ0v) is 16.3. The van der Waals surface area contributed by atoms with Crippen molar-refractivity contribution in [3.8, 4) is 0 Å². The molecule has 24 heavy (non-hydrogen) atoms. The molecule has 0 heterocycles. The summed E-state index contributed by atoms with van der Waals surface area (Å²) in [7, 11) is 0. The molecule has 0 saturated heterocycles. The Morgan fingerprint density at radius 2 is 1.38 bits per heavy atom. The Morgan fingerprint density at radius 3 is 1.92 bits per heavy atom. The molecule has 0 aliphatic rings. The largest absolute Gasteiger partial charge is 0.332 e. The van der Waals surface area contributed by atoms with Crippen LogP contribution >= 0.6 is 12.2 Å². The monoisotopic (exact) mass is 340 g/mol. The third-order valence-corrected chi connectivity index (χ3v) is 4.67. The van der Waals surface area contributed by atoms with Crippen molar-refractivity contribution < 1.29 is 0 Å². The molecule has 0 fully saturated rings. The molecule has 0 spiro atoms.